The molecule has 0 radical (unpaired) electrons. The van der Waals surface area contributed by atoms with Crippen molar-refractivity contribution in [2.75, 3.05) is 0 Å². The molecule has 11 rings (SSSR count). The zero-order valence-electron chi connectivity index (χ0n) is 48.5. The summed E-state index contributed by atoms with van der Waals surface area (Å²) < 4.78 is 185. The molecule has 0 saturated heterocycles. The van der Waals surface area contributed by atoms with Crippen LogP contribution in [0, 0.1) is 0 Å². The second kappa shape index (κ2) is 13.3. The molecule has 0 saturated carbocycles. The summed E-state index contributed by atoms with van der Waals surface area (Å²) in [5, 5.41) is 1.09. The molecule has 0 bridgehead atoms. The van der Waals surface area contributed by atoms with E-state index < -0.39 is 154 Å². The predicted molar refractivity (Wildman–Crippen MR) is 233 cm³/mol. The molecule has 0 amide bonds. The smallest absolute Gasteiger partial charge is 0.164 e. The van der Waals surface area contributed by atoms with Crippen LogP contribution < -0.4 is 0 Å². The second-order valence-electron chi connectivity index (χ2n) is 12.4. The first-order chi connectivity index (χ1) is 36.1. The minimum Gasteiger partial charge on any atom is -0.456 e. The largest absolute Gasteiger partial charge is 0.456 e. The van der Waals surface area contributed by atoms with Gasteiger partial charge in [-0.3, -0.25) is 0 Å². The number of furan rings is 1. The van der Waals surface area contributed by atoms with Crippen LogP contribution in [0.2, 0.25) is 0 Å². The first-order valence-corrected chi connectivity index (χ1v) is 17.9. The second-order valence-corrected chi connectivity index (χ2v) is 13.4. The minimum absolute atomic E-state index is 0.0565. The lowest BCUT2D eigenvalue weighted by molar-refractivity contribution is 0.669. The van der Waals surface area contributed by atoms with Gasteiger partial charge < -0.3 is 4.42 Å². The number of benzene rings is 8. The molecule has 0 unspecified atom stereocenters. The number of aromatic nitrogens is 3. The standard InChI is InChI=1S/C51H31N3OS/c1-4-13-32(14-5-1)35-19-12-20-37(27-35)50-52-49(34-17-8-3-9-18-34)53-51(54-50)38-24-26-41-40-25-23-36(30-46(40)56-47(41)31-38)43-28-39(33-15-6-2-7-16-33)29-45-48(43)42-21-10-11-22-44(42)55-45/h1-31H/i1D,3D,4D,5D,8D,9D,12D,13D,14D,17D,18D,19D,20D,23D,24D,25D,26D,27D,30D,31D. The van der Waals surface area contributed by atoms with Crippen molar-refractivity contribution in [2.24, 2.45) is 0 Å². The first-order valence-electron chi connectivity index (χ1n) is 27.1. The van der Waals surface area contributed by atoms with Crippen LogP contribution in [-0.4, -0.2) is 15.0 Å². The molecule has 0 atom stereocenters. The van der Waals surface area contributed by atoms with Gasteiger partial charge in [0.15, 0.2) is 17.5 Å². The Morgan fingerprint density at radius 2 is 1.00 bits per heavy atom. The van der Waals surface area contributed by atoms with Crippen molar-refractivity contribution in [1.82, 2.24) is 15.0 Å². The molecule has 0 spiro atoms. The van der Waals surface area contributed by atoms with Crippen LogP contribution in [0.3, 0.4) is 0 Å². The number of para-hydroxylation sites is 1. The number of nitrogens with zero attached hydrogens (tertiary/aromatic N) is 3. The van der Waals surface area contributed by atoms with Crippen molar-refractivity contribution < 1.29 is 31.8 Å². The molecule has 0 aliphatic heterocycles. The summed E-state index contributed by atoms with van der Waals surface area (Å²) in [6.45, 7) is 0. The molecule has 3 aromatic heterocycles. The van der Waals surface area contributed by atoms with E-state index in [1.807, 2.05) is 60.7 Å². The van der Waals surface area contributed by atoms with Gasteiger partial charge in [-0.2, -0.15) is 0 Å². The highest BCUT2D eigenvalue weighted by molar-refractivity contribution is 7.25. The number of fused-ring (bicyclic) bond motifs is 6. The Kier molecular flexibility index (Phi) is 4.25. The topological polar surface area (TPSA) is 51.8 Å². The lowest BCUT2D eigenvalue weighted by atomic mass is 9.94. The van der Waals surface area contributed by atoms with Gasteiger partial charge in [0.25, 0.3) is 0 Å². The third-order valence-corrected chi connectivity index (χ3v) is 10.1. The van der Waals surface area contributed by atoms with Gasteiger partial charge in [-0.05, 0) is 69.7 Å². The lowest BCUT2D eigenvalue weighted by Gasteiger charge is -2.10. The van der Waals surface area contributed by atoms with Gasteiger partial charge in [0, 0.05) is 47.6 Å². The van der Waals surface area contributed by atoms with Crippen molar-refractivity contribution in [2.45, 2.75) is 0 Å². The van der Waals surface area contributed by atoms with Crippen LogP contribution in [-0.2, 0) is 0 Å². The summed E-state index contributed by atoms with van der Waals surface area (Å²) in [6, 6.07) is 5.62. The molecular formula is C51H31N3OS. The van der Waals surface area contributed by atoms with Crippen LogP contribution in [0.25, 0.3) is 110 Å². The van der Waals surface area contributed by atoms with E-state index in [0.29, 0.717) is 33.1 Å². The summed E-state index contributed by atoms with van der Waals surface area (Å²) in [4.78, 5) is 13.2. The average Bonchev–Trinajstić information content (AvgIpc) is 4.01. The summed E-state index contributed by atoms with van der Waals surface area (Å²) >= 11 is 0.824. The van der Waals surface area contributed by atoms with Gasteiger partial charge in [-0.25, -0.2) is 15.0 Å². The van der Waals surface area contributed by atoms with Gasteiger partial charge in [0.1, 0.15) is 11.2 Å². The molecule has 5 heteroatoms. The molecular weight excluding hydrogens is 703 g/mol. The Labute approximate surface area is 355 Å². The van der Waals surface area contributed by atoms with Crippen molar-refractivity contribution in [1.29, 1.82) is 0 Å². The van der Waals surface area contributed by atoms with Crippen molar-refractivity contribution in [3.63, 3.8) is 0 Å². The summed E-state index contributed by atoms with van der Waals surface area (Å²) in [5.74, 6) is -2.15. The van der Waals surface area contributed by atoms with Crippen LogP contribution in [0.1, 0.15) is 27.4 Å². The van der Waals surface area contributed by atoms with E-state index in [1.54, 1.807) is 6.07 Å². The van der Waals surface area contributed by atoms with E-state index in [1.165, 1.54) is 0 Å². The fourth-order valence-corrected chi connectivity index (χ4v) is 7.53. The monoisotopic (exact) mass is 753 g/mol. The molecule has 0 fully saturated rings. The van der Waals surface area contributed by atoms with E-state index in [2.05, 4.69) is 15.0 Å². The summed E-state index contributed by atoms with van der Waals surface area (Å²) in [7, 11) is 0. The molecule has 11 aromatic rings. The van der Waals surface area contributed by atoms with Crippen molar-refractivity contribution in [3.8, 4) is 67.5 Å². The molecule has 0 aliphatic carbocycles. The zero-order valence-corrected chi connectivity index (χ0v) is 29.3. The van der Waals surface area contributed by atoms with Gasteiger partial charge in [0.2, 0.25) is 0 Å². The molecule has 8 aromatic carbocycles. The van der Waals surface area contributed by atoms with Gasteiger partial charge in [0.05, 0.1) is 27.4 Å². The fraction of sp³-hybridized carbons (Fsp3) is 0. The maximum Gasteiger partial charge on any atom is 0.164 e. The molecule has 262 valence electrons. The quantitative estimate of drug-likeness (QED) is 0.170. The Morgan fingerprint density at radius 3 is 1.75 bits per heavy atom. The third-order valence-electron chi connectivity index (χ3n) is 9.05. The Hall–Kier alpha value is -7.21. The molecule has 0 N–H and O–H groups in total. The number of hydrogen-bond acceptors (Lipinski definition) is 5. The lowest BCUT2D eigenvalue weighted by Crippen LogP contribution is -2.00. The SMILES string of the molecule is [2H]c1c([2H])c([2H])c(-c2nc(-c3c([2H])c([2H])c([2H])c(-c4c([2H])c([2H])c([2H])c([2H])c4[2H])c3[2H])nc(-c3c([2H])c([2H])c4c(sc5c([2H])c(-c6cc(-c7ccccc7)cc7oc8ccccc8c67)c([2H])c([2H])c54)c3[2H])n2)c([2H])c1[2H]. The Morgan fingerprint density at radius 1 is 0.411 bits per heavy atom. The maximum atomic E-state index is 9.80. The molecule has 56 heavy (non-hydrogen) atoms. The van der Waals surface area contributed by atoms with Gasteiger partial charge in [-0.1, -0.05) is 151 Å². The number of hydrogen-bond donors (Lipinski definition) is 0. The molecule has 0 aliphatic rings. The first kappa shape index (κ1) is 17.9. The Balaban J connectivity index is 1.21. The zero-order chi connectivity index (χ0) is 54.4. The van der Waals surface area contributed by atoms with Gasteiger partial charge in [-0.15, -0.1) is 11.3 Å². The highest BCUT2D eigenvalue weighted by Crippen LogP contribution is 2.43. The highest BCUT2D eigenvalue weighted by Gasteiger charge is 2.18. The average molecular weight is 754 g/mol. The number of rotatable bonds is 6. The van der Waals surface area contributed by atoms with E-state index in [-0.39, 0.29) is 37.8 Å². The Bertz CT molecular complexity index is 4370. The van der Waals surface area contributed by atoms with Crippen molar-refractivity contribution in [3.05, 3.63) is 188 Å². The normalized spacial score (nSPS) is 16.6. The van der Waals surface area contributed by atoms with E-state index in [4.69, 9.17) is 22.2 Å². The van der Waals surface area contributed by atoms with Crippen LogP contribution in [0.4, 0.5) is 0 Å². The summed E-state index contributed by atoms with van der Waals surface area (Å²) in [5.41, 5.74) is -0.266. The van der Waals surface area contributed by atoms with Crippen molar-refractivity contribution >= 4 is 53.4 Å². The summed E-state index contributed by atoms with van der Waals surface area (Å²) in [6.07, 6.45) is 0. The van der Waals surface area contributed by atoms with Crippen LogP contribution >= 0.6 is 11.3 Å². The van der Waals surface area contributed by atoms with E-state index in [9.17, 15) is 9.60 Å². The third kappa shape index (κ3) is 5.65. The fourth-order valence-electron chi connectivity index (χ4n) is 6.51. The molecule has 4 nitrogen and oxygen atoms in total. The predicted octanol–water partition coefficient (Wildman–Crippen LogP) is 14.1. The van der Waals surface area contributed by atoms with E-state index >= 15 is 0 Å². The van der Waals surface area contributed by atoms with Gasteiger partial charge >= 0.3 is 0 Å². The van der Waals surface area contributed by atoms with Crippen LogP contribution in [0.5, 0.6) is 0 Å². The minimum atomic E-state index is -0.916. The highest BCUT2D eigenvalue weighted by atomic mass is 32.1. The van der Waals surface area contributed by atoms with Crippen LogP contribution in [0.15, 0.2) is 192 Å². The maximum absolute atomic E-state index is 9.80. The number of thiophene rings is 1. The molecule has 3 heterocycles. The van der Waals surface area contributed by atoms with E-state index in [0.717, 1.165) is 16.9 Å².